The second kappa shape index (κ2) is 9.37. The third kappa shape index (κ3) is 5.66. The van der Waals surface area contributed by atoms with E-state index in [2.05, 4.69) is 4.98 Å². The molecule has 15 heteroatoms. The van der Waals surface area contributed by atoms with Crippen molar-refractivity contribution >= 4 is 27.7 Å². The Labute approximate surface area is 215 Å². The predicted octanol–water partition coefficient (Wildman–Crippen LogP) is 4.20. The molecule has 0 N–H and O–H groups in total. The number of ether oxygens (including phenoxy) is 2. The van der Waals surface area contributed by atoms with E-state index in [9.17, 15) is 34.3 Å². The van der Waals surface area contributed by atoms with Crippen molar-refractivity contribution < 1.29 is 38.5 Å². The number of pyridine rings is 1. The molecule has 9 nitrogen and oxygen atoms in total. The SMILES string of the molecule is CO[C@@H]1C[C@H](C(=O)N(c2ccc(S(F)(F)(F)(F)F)cc2)C(C(=O)N2CCOC2)c2cccnc2)N(C#N)C1. The average molecular weight is 562 g/mol. The van der Waals surface area contributed by atoms with Crippen molar-refractivity contribution in [1.82, 2.24) is 14.8 Å². The molecular formula is C23H24F5N5O4S. The van der Waals surface area contributed by atoms with E-state index in [0.29, 0.717) is 12.1 Å². The van der Waals surface area contributed by atoms with Crippen LogP contribution in [0.25, 0.3) is 0 Å². The Bertz CT molecular complexity index is 1240. The van der Waals surface area contributed by atoms with Crippen molar-refractivity contribution in [2.24, 2.45) is 0 Å². The van der Waals surface area contributed by atoms with E-state index in [-0.39, 0.29) is 56.2 Å². The summed E-state index contributed by atoms with van der Waals surface area (Å²) in [7, 11) is -8.60. The molecule has 0 spiro atoms. The fourth-order valence-corrected chi connectivity index (χ4v) is 5.09. The largest absolute Gasteiger partial charge is 0.379 e. The number of methoxy groups -OCH3 is 1. The van der Waals surface area contributed by atoms with Gasteiger partial charge in [-0.05, 0) is 30.3 Å². The van der Waals surface area contributed by atoms with Crippen LogP contribution in [0.3, 0.4) is 0 Å². The van der Waals surface area contributed by atoms with Crippen molar-refractivity contribution in [2.45, 2.75) is 29.5 Å². The van der Waals surface area contributed by atoms with Gasteiger partial charge in [-0.3, -0.25) is 24.4 Å². The number of anilines is 1. The van der Waals surface area contributed by atoms with Crippen LogP contribution in [0.15, 0.2) is 53.7 Å². The van der Waals surface area contributed by atoms with E-state index in [0.717, 1.165) is 9.80 Å². The fourth-order valence-electron chi connectivity index (χ4n) is 4.44. The maximum Gasteiger partial charge on any atom is 0.310 e. The van der Waals surface area contributed by atoms with Crippen LogP contribution in [0.2, 0.25) is 0 Å². The number of nitrogens with zero attached hydrogens (tertiary/aromatic N) is 5. The summed E-state index contributed by atoms with van der Waals surface area (Å²) in [5, 5.41) is 9.61. The quantitative estimate of drug-likeness (QED) is 0.369. The number of amides is 2. The van der Waals surface area contributed by atoms with Gasteiger partial charge in [-0.25, -0.2) is 0 Å². The van der Waals surface area contributed by atoms with Gasteiger partial charge in [0.2, 0.25) is 0 Å². The molecule has 3 atom stereocenters. The molecule has 2 amide bonds. The van der Waals surface area contributed by atoms with Gasteiger partial charge in [0.15, 0.2) is 6.19 Å². The first kappa shape index (κ1) is 27.6. The van der Waals surface area contributed by atoms with Gasteiger partial charge in [-0.15, -0.1) is 0 Å². The van der Waals surface area contributed by atoms with Crippen molar-refractivity contribution in [2.75, 3.05) is 38.4 Å². The molecule has 1 aromatic carbocycles. The predicted molar refractivity (Wildman–Crippen MR) is 126 cm³/mol. The highest BCUT2D eigenvalue weighted by molar-refractivity contribution is 8.45. The van der Waals surface area contributed by atoms with E-state index < -0.39 is 45.1 Å². The number of aromatic nitrogens is 1. The number of halogens is 5. The number of carbonyl (C=O) groups is 2. The number of likely N-dealkylation sites (tertiary alicyclic amines) is 1. The van der Waals surface area contributed by atoms with Gasteiger partial charge >= 0.3 is 10.2 Å². The third-order valence-corrected chi connectivity index (χ3v) is 7.53. The van der Waals surface area contributed by atoms with Gasteiger partial charge in [0.05, 0.1) is 19.3 Å². The molecule has 4 rings (SSSR count). The van der Waals surface area contributed by atoms with Crippen LogP contribution in [0.5, 0.6) is 0 Å². The van der Waals surface area contributed by atoms with Crippen LogP contribution >= 0.6 is 10.2 Å². The van der Waals surface area contributed by atoms with Crippen molar-refractivity contribution in [3.8, 4) is 6.19 Å². The zero-order valence-corrected chi connectivity index (χ0v) is 20.9. The highest BCUT2D eigenvalue weighted by Crippen LogP contribution is 3.02. The lowest BCUT2D eigenvalue weighted by Gasteiger charge is -2.41. The Morgan fingerprint density at radius 2 is 1.92 bits per heavy atom. The minimum absolute atomic E-state index is 0.0592. The van der Waals surface area contributed by atoms with E-state index in [1.54, 1.807) is 0 Å². The minimum Gasteiger partial charge on any atom is -0.379 e. The van der Waals surface area contributed by atoms with Crippen LogP contribution < -0.4 is 4.90 Å². The molecule has 206 valence electrons. The maximum absolute atomic E-state index is 14.0. The molecule has 1 unspecified atom stereocenters. The third-order valence-electron chi connectivity index (χ3n) is 6.36. The highest BCUT2D eigenvalue weighted by Gasteiger charge is 2.65. The van der Waals surface area contributed by atoms with Crippen LogP contribution in [-0.4, -0.2) is 72.3 Å². The van der Waals surface area contributed by atoms with E-state index >= 15 is 0 Å². The number of hydrogen-bond acceptors (Lipinski definition) is 7. The maximum atomic E-state index is 14.0. The van der Waals surface area contributed by atoms with Crippen LogP contribution in [0.1, 0.15) is 18.0 Å². The van der Waals surface area contributed by atoms with Crippen LogP contribution in [-0.2, 0) is 19.1 Å². The molecule has 2 fully saturated rings. The molecule has 3 heterocycles. The van der Waals surface area contributed by atoms with Gasteiger partial charge in [0.25, 0.3) is 11.8 Å². The van der Waals surface area contributed by atoms with Gasteiger partial charge in [-0.2, -0.15) is 5.26 Å². The molecule has 38 heavy (non-hydrogen) atoms. The highest BCUT2D eigenvalue weighted by atomic mass is 32.5. The number of carbonyl (C=O) groups excluding carboxylic acids is 2. The van der Waals surface area contributed by atoms with Crippen molar-refractivity contribution in [1.29, 1.82) is 5.26 Å². The van der Waals surface area contributed by atoms with Gasteiger partial charge < -0.3 is 14.4 Å². The average Bonchev–Trinajstić information content (AvgIpc) is 3.56. The number of benzene rings is 1. The molecule has 2 saturated heterocycles. The summed E-state index contributed by atoms with van der Waals surface area (Å²) in [6.07, 6.45) is 4.21. The number of rotatable bonds is 7. The Morgan fingerprint density at radius 3 is 2.45 bits per heavy atom. The van der Waals surface area contributed by atoms with Crippen LogP contribution in [0.4, 0.5) is 25.1 Å². The second-order valence-electron chi connectivity index (χ2n) is 8.86. The smallest absolute Gasteiger partial charge is 0.310 e. The molecule has 2 aliphatic heterocycles. The lowest BCUT2D eigenvalue weighted by Crippen LogP contribution is -2.50. The summed E-state index contributed by atoms with van der Waals surface area (Å²) >= 11 is 0. The van der Waals surface area contributed by atoms with Crippen molar-refractivity contribution in [3.05, 3.63) is 54.4 Å². The van der Waals surface area contributed by atoms with E-state index in [1.807, 2.05) is 6.19 Å². The monoisotopic (exact) mass is 561 g/mol. The first-order valence-electron chi connectivity index (χ1n) is 11.4. The normalized spacial score (nSPS) is 22.3. The van der Waals surface area contributed by atoms with Gasteiger partial charge in [0.1, 0.15) is 23.7 Å². The lowest BCUT2D eigenvalue weighted by atomic mass is 10.0. The Kier molecular flexibility index (Phi) is 6.79. The van der Waals surface area contributed by atoms with E-state index in [1.165, 1.54) is 36.5 Å². The standard InChI is InChI=1S/C23H24F5N5O4S/c1-36-18-11-20(32(13-18)14-29)22(34)33(17-4-6-19(7-5-17)38(24,25,26,27)28)21(16-3-2-8-30-12-16)23(35)31-9-10-37-15-31/h2-8,12,18,20-21H,9-11,13,15H2,1H3/t18-,20-,21?/m1/s1. The molecule has 0 radical (unpaired) electrons. The molecule has 1 aromatic heterocycles. The lowest BCUT2D eigenvalue weighted by molar-refractivity contribution is -0.135. The molecular weight excluding hydrogens is 537 g/mol. The summed E-state index contributed by atoms with van der Waals surface area (Å²) in [4.78, 5) is 33.0. The van der Waals surface area contributed by atoms with Crippen molar-refractivity contribution in [3.63, 3.8) is 0 Å². The first-order valence-corrected chi connectivity index (χ1v) is 13.3. The topological polar surface area (TPSA) is 99.0 Å². The number of hydrogen-bond donors (Lipinski definition) is 0. The summed E-state index contributed by atoms with van der Waals surface area (Å²) in [5.74, 6) is -1.42. The summed E-state index contributed by atoms with van der Waals surface area (Å²) in [6.45, 7) is 0.421. The molecule has 0 bridgehead atoms. The summed E-state index contributed by atoms with van der Waals surface area (Å²) in [5.41, 5.74) is -0.0268. The number of nitriles is 1. The zero-order chi connectivity index (χ0) is 27.8. The van der Waals surface area contributed by atoms with E-state index in [4.69, 9.17) is 9.47 Å². The van der Waals surface area contributed by atoms with Gasteiger partial charge in [-0.1, -0.05) is 25.5 Å². The first-order chi connectivity index (χ1) is 17.7. The Balaban J connectivity index is 1.86. The summed E-state index contributed by atoms with van der Waals surface area (Å²) < 4.78 is 77.5. The van der Waals surface area contributed by atoms with Gasteiger partial charge in [0, 0.05) is 43.7 Å². The Hall–Kier alpha value is -3.48. The molecule has 0 saturated carbocycles. The Morgan fingerprint density at radius 1 is 1.21 bits per heavy atom. The molecule has 2 aliphatic rings. The minimum atomic E-state index is -10.0. The summed E-state index contributed by atoms with van der Waals surface area (Å²) in [6, 6.07) is 2.22. The fraction of sp³-hybridized carbons (Fsp3) is 0.391. The second-order valence-corrected chi connectivity index (χ2v) is 11.3. The zero-order valence-electron chi connectivity index (χ0n) is 20.1. The molecule has 2 aromatic rings. The van der Waals surface area contributed by atoms with Crippen LogP contribution in [0, 0.1) is 11.5 Å². The molecule has 0 aliphatic carbocycles.